The number of hydrogen-bond donors (Lipinski definition) is 2. The van der Waals surface area contributed by atoms with Crippen LogP contribution in [0.1, 0.15) is 38.7 Å². The Morgan fingerprint density at radius 1 is 1.27 bits per heavy atom. The summed E-state index contributed by atoms with van der Waals surface area (Å²) in [5, 5.41) is 5.31. The van der Waals surface area contributed by atoms with E-state index in [1.807, 2.05) is 26.0 Å². The smallest absolute Gasteiger partial charge is 0.321 e. The summed E-state index contributed by atoms with van der Waals surface area (Å²) in [5.41, 5.74) is 0.320. The van der Waals surface area contributed by atoms with Gasteiger partial charge in [-0.2, -0.15) is 0 Å². The third-order valence-corrected chi connectivity index (χ3v) is 9.04. The van der Waals surface area contributed by atoms with Gasteiger partial charge in [-0.3, -0.25) is 14.9 Å². The van der Waals surface area contributed by atoms with E-state index in [1.54, 1.807) is 17.0 Å². The van der Waals surface area contributed by atoms with Crippen molar-refractivity contribution in [3.8, 4) is 0 Å². The van der Waals surface area contributed by atoms with Crippen molar-refractivity contribution in [2.45, 2.75) is 38.5 Å². The summed E-state index contributed by atoms with van der Waals surface area (Å²) in [4.78, 5) is 38.4. The summed E-state index contributed by atoms with van der Waals surface area (Å²) >= 11 is 0. The Bertz CT molecular complexity index is 1010. The van der Waals surface area contributed by atoms with Gasteiger partial charge in [-0.15, -0.1) is 0 Å². The highest BCUT2D eigenvalue weighted by atomic mass is 32.2. The molecule has 4 rings (SSSR count). The number of hydrogen-bond acceptors (Lipinski definition) is 5. The number of carbonyl (C=O) groups is 3. The number of anilines is 1. The largest absolute Gasteiger partial charge is 0.324 e. The molecule has 9 heteroatoms. The molecule has 1 aromatic carbocycles. The number of likely N-dealkylation sites (tertiary alicyclic amines) is 1. The summed E-state index contributed by atoms with van der Waals surface area (Å²) in [6, 6.07) is 6.92. The molecule has 4 amide bonds. The zero-order chi connectivity index (χ0) is 21.7. The molecule has 0 radical (unpaired) electrons. The number of amides is 4. The minimum Gasteiger partial charge on any atom is -0.324 e. The lowest BCUT2D eigenvalue weighted by atomic mass is 9.72. The van der Waals surface area contributed by atoms with Gasteiger partial charge in [0.05, 0.1) is 16.9 Å². The first-order valence-corrected chi connectivity index (χ1v) is 12.1. The molecular formula is C21H27N3O5S. The minimum absolute atomic E-state index is 0.0208. The van der Waals surface area contributed by atoms with Crippen LogP contribution in [0, 0.1) is 11.3 Å². The van der Waals surface area contributed by atoms with Crippen LogP contribution in [-0.2, 0) is 24.8 Å². The van der Waals surface area contributed by atoms with E-state index in [4.69, 9.17) is 0 Å². The zero-order valence-electron chi connectivity index (χ0n) is 17.2. The Kier molecular flexibility index (Phi) is 4.91. The number of nitrogens with one attached hydrogen (secondary N) is 2. The lowest BCUT2D eigenvalue weighted by Crippen LogP contribution is -2.51. The van der Waals surface area contributed by atoms with Crippen LogP contribution in [0.4, 0.5) is 10.5 Å². The number of nitrogens with zero attached hydrogens (tertiary/aromatic N) is 1. The average Bonchev–Trinajstić information content (AvgIpc) is 3.09. The maximum absolute atomic E-state index is 12.7. The molecular weight excluding hydrogens is 406 g/mol. The second-order valence-corrected chi connectivity index (χ2v) is 11.2. The Morgan fingerprint density at radius 2 is 1.97 bits per heavy atom. The van der Waals surface area contributed by atoms with E-state index in [0.717, 1.165) is 5.56 Å². The molecule has 2 N–H and O–H groups in total. The Morgan fingerprint density at radius 3 is 2.57 bits per heavy atom. The molecule has 3 heterocycles. The van der Waals surface area contributed by atoms with Crippen molar-refractivity contribution in [2.75, 3.05) is 29.9 Å². The number of urea groups is 1. The van der Waals surface area contributed by atoms with E-state index in [0.29, 0.717) is 38.0 Å². The van der Waals surface area contributed by atoms with Crippen LogP contribution in [-0.4, -0.2) is 55.8 Å². The first-order valence-electron chi connectivity index (χ1n) is 10.3. The molecule has 3 aliphatic rings. The quantitative estimate of drug-likeness (QED) is 0.704. The summed E-state index contributed by atoms with van der Waals surface area (Å²) < 4.78 is 23.8. The molecule has 0 aliphatic carbocycles. The fourth-order valence-electron chi connectivity index (χ4n) is 5.20. The van der Waals surface area contributed by atoms with E-state index >= 15 is 0 Å². The van der Waals surface area contributed by atoms with Crippen molar-refractivity contribution >= 4 is 33.4 Å². The molecule has 1 aromatic rings. The highest BCUT2D eigenvalue weighted by molar-refractivity contribution is 7.91. The Balaban J connectivity index is 1.44. The summed E-state index contributed by atoms with van der Waals surface area (Å²) in [6.07, 6.45) is 1.35. The average molecular weight is 434 g/mol. The molecule has 3 fully saturated rings. The molecule has 30 heavy (non-hydrogen) atoms. The highest BCUT2D eigenvalue weighted by Crippen LogP contribution is 2.43. The van der Waals surface area contributed by atoms with Crippen LogP contribution in [0.3, 0.4) is 0 Å². The highest BCUT2D eigenvalue weighted by Gasteiger charge is 2.53. The third kappa shape index (κ3) is 3.49. The number of fused-ring (bicyclic) bond motifs is 1. The SMILES string of the molecule is CCC1(c2ccc(NC(=O)N3C[C@@H]4CS(=O)(=O)C[C@]4(C)C3)cc2)CCC(=O)NC1=O. The molecule has 0 saturated carbocycles. The third-order valence-electron chi connectivity index (χ3n) is 7.03. The normalized spacial score (nSPS) is 32.6. The van der Waals surface area contributed by atoms with Gasteiger partial charge in [0.2, 0.25) is 11.8 Å². The second kappa shape index (κ2) is 7.08. The number of benzene rings is 1. The monoisotopic (exact) mass is 433 g/mol. The Hall–Kier alpha value is -2.42. The molecule has 0 bridgehead atoms. The van der Waals surface area contributed by atoms with Gasteiger partial charge in [-0.05, 0) is 36.5 Å². The van der Waals surface area contributed by atoms with Crippen molar-refractivity contribution < 1.29 is 22.8 Å². The van der Waals surface area contributed by atoms with Gasteiger partial charge >= 0.3 is 6.03 Å². The minimum atomic E-state index is -3.02. The van der Waals surface area contributed by atoms with Crippen molar-refractivity contribution in [1.29, 1.82) is 0 Å². The first kappa shape index (κ1) is 20.8. The molecule has 162 valence electrons. The summed E-state index contributed by atoms with van der Waals surface area (Å²) in [7, 11) is -3.02. The molecule has 3 aliphatic heterocycles. The predicted molar refractivity (Wildman–Crippen MR) is 112 cm³/mol. The van der Waals surface area contributed by atoms with Gasteiger partial charge in [0, 0.05) is 30.6 Å². The van der Waals surface area contributed by atoms with Gasteiger partial charge in [-0.25, -0.2) is 13.2 Å². The molecule has 3 saturated heterocycles. The van der Waals surface area contributed by atoms with E-state index in [2.05, 4.69) is 10.6 Å². The topological polar surface area (TPSA) is 113 Å². The standard InChI is InChI=1S/C21H27N3O5S/c1-3-21(9-8-17(25)23-18(21)26)14-4-6-16(7-5-14)22-19(27)24-10-15-11-30(28,29)13-20(15,2)12-24/h4-7,15H,3,8-13H2,1-2H3,(H,22,27)(H,23,25,26)/t15-,20+,21?/m1/s1. The van der Waals surface area contributed by atoms with Crippen LogP contribution in [0.15, 0.2) is 24.3 Å². The maximum Gasteiger partial charge on any atom is 0.321 e. The lowest BCUT2D eigenvalue weighted by molar-refractivity contribution is -0.138. The van der Waals surface area contributed by atoms with Crippen LogP contribution in [0.25, 0.3) is 0 Å². The lowest BCUT2D eigenvalue weighted by Gasteiger charge is -2.35. The van der Waals surface area contributed by atoms with Crippen molar-refractivity contribution in [3.05, 3.63) is 29.8 Å². The molecule has 8 nitrogen and oxygen atoms in total. The molecule has 0 aromatic heterocycles. The summed E-state index contributed by atoms with van der Waals surface area (Å²) in [6.45, 7) is 4.73. The van der Waals surface area contributed by atoms with Crippen LogP contribution in [0.2, 0.25) is 0 Å². The van der Waals surface area contributed by atoms with E-state index in [-0.39, 0.29) is 40.7 Å². The predicted octanol–water partition coefficient (Wildman–Crippen LogP) is 1.67. The van der Waals surface area contributed by atoms with E-state index < -0.39 is 15.3 Å². The molecule has 0 spiro atoms. The van der Waals surface area contributed by atoms with Crippen LogP contribution < -0.4 is 10.6 Å². The van der Waals surface area contributed by atoms with Crippen LogP contribution in [0.5, 0.6) is 0 Å². The van der Waals surface area contributed by atoms with E-state index in [1.165, 1.54) is 0 Å². The fraction of sp³-hybridized carbons (Fsp3) is 0.571. The first-order chi connectivity index (χ1) is 14.1. The number of imide groups is 1. The van der Waals surface area contributed by atoms with Crippen molar-refractivity contribution in [2.24, 2.45) is 11.3 Å². The summed E-state index contributed by atoms with van der Waals surface area (Å²) in [5.74, 6) is -0.263. The fourth-order valence-corrected chi connectivity index (χ4v) is 7.77. The van der Waals surface area contributed by atoms with Gasteiger partial charge in [0.15, 0.2) is 9.84 Å². The zero-order valence-corrected chi connectivity index (χ0v) is 18.0. The van der Waals surface area contributed by atoms with Gasteiger partial charge < -0.3 is 10.2 Å². The van der Waals surface area contributed by atoms with Gasteiger partial charge in [0.1, 0.15) is 0 Å². The molecule has 1 unspecified atom stereocenters. The molecule has 3 atom stereocenters. The number of sulfone groups is 1. The van der Waals surface area contributed by atoms with Gasteiger partial charge in [-0.1, -0.05) is 26.0 Å². The second-order valence-electron chi connectivity index (χ2n) is 9.11. The number of piperidine rings is 1. The van der Waals surface area contributed by atoms with Crippen LogP contribution >= 0.6 is 0 Å². The maximum atomic E-state index is 12.7. The van der Waals surface area contributed by atoms with Crippen molar-refractivity contribution in [3.63, 3.8) is 0 Å². The number of rotatable bonds is 3. The van der Waals surface area contributed by atoms with Crippen molar-refractivity contribution in [1.82, 2.24) is 10.2 Å². The van der Waals surface area contributed by atoms with E-state index in [9.17, 15) is 22.8 Å². The Labute approximate surface area is 176 Å². The number of carbonyl (C=O) groups excluding carboxylic acids is 3. The van der Waals surface area contributed by atoms with Gasteiger partial charge in [0.25, 0.3) is 0 Å².